The van der Waals surface area contributed by atoms with Crippen molar-refractivity contribution in [2.24, 2.45) is 0 Å². The summed E-state index contributed by atoms with van der Waals surface area (Å²) < 4.78 is 12.3. The first-order valence-electron chi connectivity index (χ1n) is 13.9. The zero-order chi connectivity index (χ0) is 28.1. The number of amides is 3. The van der Waals surface area contributed by atoms with E-state index in [4.69, 9.17) is 9.47 Å². The Kier molecular flexibility index (Phi) is 7.55. The molecule has 5 rings (SSSR count). The predicted molar refractivity (Wildman–Crippen MR) is 167 cm³/mol. The van der Waals surface area contributed by atoms with E-state index in [-0.39, 0.29) is 24.8 Å². The van der Waals surface area contributed by atoms with Crippen LogP contribution < -0.4 is 26.4 Å². The minimum absolute atomic E-state index is 0.202. The first-order chi connectivity index (χ1) is 18.5. The molecule has 2 saturated heterocycles. The van der Waals surface area contributed by atoms with E-state index in [1.54, 1.807) is 11.0 Å². The van der Waals surface area contributed by atoms with Crippen molar-refractivity contribution in [1.29, 1.82) is 0 Å². The maximum absolute atomic E-state index is 13.3. The summed E-state index contributed by atoms with van der Waals surface area (Å²) in [5, 5.41) is 1.70. The van der Waals surface area contributed by atoms with Crippen molar-refractivity contribution < 1.29 is 23.9 Å². The van der Waals surface area contributed by atoms with Crippen molar-refractivity contribution in [2.75, 3.05) is 26.3 Å². The highest BCUT2D eigenvalue weighted by Gasteiger charge is 2.41. The fraction of sp³-hybridized carbons (Fsp3) is 0.400. The molecule has 196 valence electrons. The number of fused-ring (bicyclic) bond motifs is 1. The Balaban J connectivity index is 1.42. The third-order valence-electron chi connectivity index (χ3n) is 8.72. The van der Waals surface area contributed by atoms with Crippen molar-refractivity contribution in [3.8, 4) is 5.75 Å². The molecular formula is C25H33B6N3O5. The molecule has 0 aliphatic carbocycles. The zero-order valence-electron chi connectivity index (χ0n) is 23.8. The van der Waals surface area contributed by atoms with Crippen LogP contribution in [0.5, 0.6) is 5.75 Å². The molecule has 8 nitrogen and oxygen atoms in total. The highest BCUT2D eigenvalue weighted by Crippen LogP contribution is 2.35. The van der Waals surface area contributed by atoms with Gasteiger partial charge in [-0.2, -0.15) is 0 Å². The van der Waals surface area contributed by atoms with Crippen LogP contribution in [0.15, 0.2) is 24.3 Å². The molecule has 0 spiro atoms. The van der Waals surface area contributed by atoms with Gasteiger partial charge in [0.25, 0.3) is 5.91 Å². The number of carbonyl (C=O) groups excluding carboxylic acids is 3. The maximum atomic E-state index is 13.3. The van der Waals surface area contributed by atoms with E-state index in [1.165, 1.54) is 22.0 Å². The highest BCUT2D eigenvalue weighted by atomic mass is 16.5. The Labute approximate surface area is 235 Å². The number of carbonyl (C=O) groups is 3. The van der Waals surface area contributed by atoms with E-state index in [2.05, 4.69) is 63.4 Å². The van der Waals surface area contributed by atoms with E-state index in [0.29, 0.717) is 23.7 Å². The van der Waals surface area contributed by atoms with Gasteiger partial charge in [-0.15, -0.1) is 0 Å². The number of benzene rings is 2. The molecule has 3 aliphatic heterocycles. The number of morpholine rings is 1. The third-order valence-corrected chi connectivity index (χ3v) is 8.72. The number of piperidine rings is 1. The minimum Gasteiger partial charge on any atom is -0.501 e. The third kappa shape index (κ3) is 5.09. The normalized spacial score (nSPS) is 21.0. The number of hydrogen-bond acceptors (Lipinski definition) is 6. The SMILES string of the molecule is Bc1cc(C(B)(B)Oc2cccc3c2CN(C2CCC(=O)NC2=O)C3=O)c(B)c(B)c1C(B)N1CCOCC1. The van der Waals surface area contributed by atoms with Crippen molar-refractivity contribution in [2.45, 2.75) is 36.8 Å². The van der Waals surface area contributed by atoms with Crippen LogP contribution in [0.2, 0.25) is 0 Å². The molecule has 0 radical (unpaired) electrons. The lowest BCUT2D eigenvalue weighted by Gasteiger charge is -2.37. The average Bonchev–Trinajstić information content (AvgIpc) is 3.23. The molecule has 0 saturated carbocycles. The number of rotatable bonds is 6. The molecule has 3 heterocycles. The van der Waals surface area contributed by atoms with Gasteiger partial charge >= 0.3 is 0 Å². The van der Waals surface area contributed by atoms with Gasteiger partial charge in [0, 0.05) is 36.6 Å². The van der Waals surface area contributed by atoms with E-state index in [9.17, 15) is 14.4 Å². The molecule has 2 atom stereocenters. The van der Waals surface area contributed by atoms with Crippen molar-refractivity contribution in [3.05, 3.63) is 46.5 Å². The second kappa shape index (κ2) is 10.6. The molecule has 3 amide bonds. The lowest BCUT2D eigenvalue weighted by atomic mass is 9.55. The van der Waals surface area contributed by atoms with Gasteiger partial charge in [0.1, 0.15) is 43.2 Å². The number of nitrogens with one attached hydrogen (secondary N) is 1. The van der Waals surface area contributed by atoms with Crippen molar-refractivity contribution in [1.82, 2.24) is 15.1 Å². The summed E-state index contributed by atoms with van der Waals surface area (Å²) >= 11 is 0. The lowest BCUT2D eigenvalue weighted by molar-refractivity contribution is -0.136. The summed E-state index contributed by atoms with van der Waals surface area (Å²) in [6.07, 6.45) is 0.560. The van der Waals surface area contributed by atoms with Crippen LogP contribution in [0.4, 0.5) is 0 Å². The second-order valence-electron chi connectivity index (χ2n) is 11.5. The van der Waals surface area contributed by atoms with Gasteiger partial charge in [0.15, 0.2) is 15.7 Å². The van der Waals surface area contributed by atoms with Crippen LogP contribution in [0.1, 0.15) is 45.8 Å². The number of imide groups is 1. The van der Waals surface area contributed by atoms with Crippen LogP contribution >= 0.6 is 0 Å². The van der Waals surface area contributed by atoms with Crippen molar-refractivity contribution in [3.63, 3.8) is 0 Å². The molecule has 0 bridgehead atoms. The molecule has 2 unspecified atom stereocenters. The summed E-state index contributed by atoms with van der Waals surface area (Å²) in [5.74, 6) is 0.0289. The molecule has 2 aromatic rings. The Bertz CT molecular complexity index is 1350. The average molecular weight is 520 g/mol. The Morgan fingerprint density at radius 3 is 2.49 bits per heavy atom. The van der Waals surface area contributed by atoms with E-state index in [0.717, 1.165) is 37.4 Å². The van der Waals surface area contributed by atoms with Gasteiger partial charge < -0.3 is 14.4 Å². The minimum atomic E-state index is -0.666. The zero-order valence-corrected chi connectivity index (χ0v) is 23.8. The fourth-order valence-corrected chi connectivity index (χ4v) is 6.50. The van der Waals surface area contributed by atoms with E-state index >= 15 is 0 Å². The van der Waals surface area contributed by atoms with Gasteiger partial charge in [0.2, 0.25) is 11.8 Å². The van der Waals surface area contributed by atoms with Crippen molar-refractivity contribution >= 4 is 81.2 Å². The maximum Gasteiger partial charge on any atom is 0.255 e. The predicted octanol–water partition coefficient (Wildman–Crippen LogP) is -6.36. The first kappa shape index (κ1) is 27.7. The van der Waals surface area contributed by atoms with E-state index in [1.807, 2.05) is 12.1 Å². The molecule has 39 heavy (non-hydrogen) atoms. The fourth-order valence-electron chi connectivity index (χ4n) is 6.50. The van der Waals surface area contributed by atoms with Crippen LogP contribution in [-0.4, -0.2) is 107 Å². The van der Waals surface area contributed by atoms with Gasteiger partial charge in [-0.3, -0.25) is 24.6 Å². The number of hydrogen-bond donors (Lipinski definition) is 1. The van der Waals surface area contributed by atoms with Gasteiger partial charge in [0.05, 0.1) is 25.2 Å². The Morgan fingerprint density at radius 2 is 1.79 bits per heavy atom. The van der Waals surface area contributed by atoms with Gasteiger partial charge in [-0.25, -0.2) is 0 Å². The molecule has 14 heteroatoms. The standard InChI is InChI=1S/C25H33B6N3O5/c26-15-10-14(20(27)21(28)19(15)22(29)33-6-8-38-9-7-33)25(30,31)39-17-3-1-2-12-13(17)11-34(24(12)37)16-4-5-18(35)32-23(16)36/h1-3,10,16,22H,4-9,11,26-31H2,(H,32,35,36). The topological polar surface area (TPSA) is 88.2 Å². The van der Waals surface area contributed by atoms with Crippen LogP contribution in [0, 0.1) is 0 Å². The Morgan fingerprint density at radius 1 is 1.08 bits per heavy atom. The molecule has 2 aromatic carbocycles. The van der Waals surface area contributed by atoms with E-state index < -0.39 is 17.3 Å². The molecular weight excluding hydrogens is 487 g/mol. The monoisotopic (exact) mass is 521 g/mol. The van der Waals surface area contributed by atoms with Crippen LogP contribution in [-0.2, 0) is 26.3 Å². The second-order valence-corrected chi connectivity index (χ2v) is 11.5. The number of nitrogens with zero attached hydrogens (tertiary/aromatic N) is 2. The molecule has 0 aromatic heterocycles. The quantitative estimate of drug-likeness (QED) is 0.301. The largest absolute Gasteiger partial charge is 0.501 e. The molecule has 3 aliphatic rings. The Hall–Kier alpha value is -2.84. The van der Waals surface area contributed by atoms with Crippen LogP contribution in [0.3, 0.4) is 0 Å². The van der Waals surface area contributed by atoms with Gasteiger partial charge in [-0.05, 0) is 24.1 Å². The first-order valence-corrected chi connectivity index (χ1v) is 13.9. The highest BCUT2D eigenvalue weighted by molar-refractivity contribution is 6.54. The number of ether oxygens (including phenoxy) is 2. The smallest absolute Gasteiger partial charge is 0.255 e. The molecule has 2 fully saturated rings. The summed E-state index contributed by atoms with van der Waals surface area (Å²) in [6.45, 7) is 3.68. The molecule has 1 N–H and O–H groups in total. The summed E-state index contributed by atoms with van der Waals surface area (Å²) in [5.41, 5.74) is 7.52. The summed E-state index contributed by atoms with van der Waals surface area (Å²) in [4.78, 5) is 41.5. The van der Waals surface area contributed by atoms with Crippen LogP contribution in [0.25, 0.3) is 0 Å². The lowest BCUT2D eigenvalue weighted by Crippen LogP contribution is -2.52. The summed E-state index contributed by atoms with van der Waals surface area (Å²) in [6, 6.07) is 7.10. The van der Waals surface area contributed by atoms with Gasteiger partial charge in [-0.1, -0.05) is 34.1 Å². The summed E-state index contributed by atoms with van der Waals surface area (Å²) in [7, 11) is 12.9.